The molecule has 6 nitrogen and oxygen atoms in total. The van der Waals surface area contributed by atoms with Crippen molar-refractivity contribution in [2.45, 2.75) is 45.8 Å². The first-order chi connectivity index (χ1) is 14.0. The lowest BCUT2D eigenvalue weighted by molar-refractivity contribution is -0.129. The molecule has 6 heteroatoms. The standard InChI is InChI=1S/C23H29N3O3/c1-4-17(5-2)25-23(28)21-14-26(19-8-6-7-9-20(19)29-21)15-22(27)24-18-12-10-16(3)11-13-18/h6-13,17,21H,4-5,14-15H2,1-3H3,(H,24,27)(H,25,28). The Hall–Kier alpha value is -3.02. The third-order valence-electron chi connectivity index (χ3n) is 5.16. The lowest BCUT2D eigenvalue weighted by Gasteiger charge is -2.35. The van der Waals surface area contributed by atoms with Gasteiger partial charge in [-0.1, -0.05) is 43.7 Å². The number of nitrogens with zero attached hydrogens (tertiary/aromatic N) is 1. The van der Waals surface area contributed by atoms with Gasteiger partial charge in [0.1, 0.15) is 5.75 Å². The van der Waals surface area contributed by atoms with Gasteiger partial charge < -0.3 is 20.3 Å². The van der Waals surface area contributed by atoms with Gasteiger partial charge in [-0.25, -0.2) is 0 Å². The number of carbonyl (C=O) groups is 2. The third-order valence-corrected chi connectivity index (χ3v) is 5.16. The average Bonchev–Trinajstić information content (AvgIpc) is 2.73. The van der Waals surface area contributed by atoms with Gasteiger partial charge in [0.05, 0.1) is 18.8 Å². The molecule has 2 aromatic rings. The maximum absolute atomic E-state index is 12.7. The smallest absolute Gasteiger partial charge is 0.263 e. The molecule has 1 atom stereocenters. The highest BCUT2D eigenvalue weighted by Gasteiger charge is 2.32. The highest BCUT2D eigenvalue weighted by atomic mass is 16.5. The molecule has 1 aliphatic heterocycles. The summed E-state index contributed by atoms with van der Waals surface area (Å²) in [5, 5.41) is 5.96. The van der Waals surface area contributed by atoms with Gasteiger partial charge in [-0.15, -0.1) is 0 Å². The van der Waals surface area contributed by atoms with E-state index in [9.17, 15) is 9.59 Å². The van der Waals surface area contributed by atoms with Gasteiger partial charge in [0, 0.05) is 11.7 Å². The van der Waals surface area contributed by atoms with Gasteiger partial charge in [-0.3, -0.25) is 9.59 Å². The number of anilines is 2. The summed E-state index contributed by atoms with van der Waals surface area (Å²) in [5.74, 6) is 0.341. The number of fused-ring (bicyclic) bond motifs is 1. The van der Waals surface area contributed by atoms with Crippen LogP contribution in [0.1, 0.15) is 32.3 Å². The van der Waals surface area contributed by atoms with Crippen LogP contribution in [-0.2, 0) is 9.59 Å². The van der Waals surface area contributed by atoms with Crippen LogP contribution < -0.4 is 20.3 Å². The maximum Gasteiger partial charge on any atom is 0.263 e. The van der Waals surface area contributed by atoms with Crippen molar-refractivity contribution in [1.82, 2.24) is 5.32 Å². The Morgan fingerprint density at radius 1 is 1.10 bits per heavy atom. The monoisotopic (exact) mass is 395 g/mol. The number of amides is 2. The molecule has 0 saturated heterocycles. The number of para-hydroxylation sites is 2. The van der Waals surface area contributed by atoms with Crippen molar-refractivity contribution in [3.63, 3.8) is 0 Å². The van der Waals surface area contributed by atoms with E-state index in [2.05, 4.69) is 10.6 Å². The van der Waals surface area contributed by atoms with Gasteiger partial charge >= 0.3 is 0 Å². The third kappa shape index (κ3) is 5.28. The van der Waals surface area contributed by atoms with Gasteiger partial charge in [0.25, 0.3) is 5.91 Å². The van der Waals surface area contributed by atoms with Crippen LogP contribution in [0.2, 0.25) is 0 Å². The largest absolute Gasteiger partial charge is 0.477 e. The second-order valence-electron chi connectivity index (χ2n) is 7.39. The Kier molecular flexibility index (Phi) is 6.75. The maximum atomic E-state index is 12.7. The Morgan fingerprint density at radius 2 is 1.79 bits per heavy atom. The van der Waals surface area contributed by atoms with Crippen LogP contribution in [0.3, 0.4) is 0 Å². The highest BCUT2D eigenvalue weighted by Crippen LogP contribution is 2.33. The Bertz CT molecular complexity index is 847. The van der Waals surface area contributed by atoms with E-state index < -0.39 is 6.10 Å². The van der Waals surface area contributed by atoms with Crippen molar-refractivity contribution >= 4 is 23.2 Å². The molecule has 0 bridgehead atoms. The molecule has 1 unspecified atom stereocenters. The fourth-order valence-electron chi connectivity index (χ4n) is 3.39. The zero-order chi connectivity index (χ0) is 20.8. The first-order valence-electron chi connectivity index (χ1n) is 10.2. The molecule has 0 aromatic heterocycles. The van der Waals surface area contributed by atoms with Gasteiger partial charge in [-0.05, 0) is 44.0 Å². The van der Waals surface area contributed by atoms with Crippen molar-refractivity contribution in [3.8, 4) is 5.75 Å². The summed E-state index contributed by atoms with van der Waals surface area (Å²) in [6, 6.07) is 15.3. The fraction of sp³-hybridized carbons (Fsp3) is 0.391. The van der Waals surface area contributed by atoms with E-state index in [0.717, 1.165) is 29.8 Å². The van der Waals surface area contributed by atoms with Crippen LogP contribution in [0.5, 0.6) is 5.75 Å². The Balaban J connectivity index is 1.71. The summed E-state index contributed by atoms with van der Waals surface area (Å²) in [6.07, 6.45) is 1.08. The van der Waals surface area contributed by atoms with E-state index in [4.69, 9.17) is 4.74 Å². The quantitative estimate of drug-likeness (QED) is 0.753. The zero-order valence-corrected chi connectivity index (χ0v) is 17.3. The summed E-state index contributed by atoms with van der Waals surface area (Å²) in [7, 11) is 0. The topological polar surface area (TPSA) is 70.7 Å². The summed E-state index contributed by atoms with van der Waals surface area (Å²) < 4.78 is 5.94. The van der Waals surface area contributed by atoms with E-state index in [-0.39, 0.29) is 24.4 Å². The predicted molar refractivity (Wildman–Crippen MR) is 115 cm³/mol. The summed E-state index contributed by atoms with van der Waals surface area (Å²) in [4.78, 5) is 27.3. The number of rotatable bonds is 7. The molecule has 1 aliphatic rings. The first-order valence-corrected chi connectivity index (χ1v) is 10.2. The summed E-state index contributed by atoms with van der Waals surface area (Å²) in [5.41, 5.74) is 2.71. The minimum atomic E-state index is -0.655. The Morgan fingerprint density at radius 3 is 2.48 bits per heavy atom. The normalized spacial score (nSPS) is 15.4. The molecule has 2 aromatic carbocycles. The molecule has 2 amide bonds. The molecule has 154 valence electrons. The van der Waals surface area contributed by atoms with E-state index >= 15 is 0 Å². The molecule has 3 rings (SSSR count). The average molecular weight is 396 g/mol. The number of carbonyl (C=O) groups excluding carboxylic acids is 2. The SMILES string of the molecule is CCC(CC)NC(=O)C1CN(CC(=O)Nc2ccc(C)cc2)c2ccccc2O1. The number of hydrogen-bond acceptors (Lipinski definition) is 4. The molecular weight excluding hydrogens is 366 g/mol. The molecule has 0 aliphatic carbocycles. The van der Waals surface area contributed by atoms with Gasteiger partial charge in [0.2, 0.25) is 5.91 Å². The molecule has 0 spiro atoms. The van der Waals surface area contributed by atoms with E-state index in [1.165, 1.54) is 0 Å². The lowest BCUT2D eigenvalue weighted by Crippen LogP contribution is -2.52. The Labute approximate surface area is 172 Å². The van der Waals surface area contributed by atoms with Crippen molar-refractivity contribution in [2.24, 2.45) is 0 Å². The van der Waals surface area contributed by atoms with Crippen LogP contribution in [0.4, 0.5) is 11.4 Å². The second-order valence-corrected chi connectivity index (χ2v) is 7.39. The van der Waals surface area contributed by atoms with Crippen molar-refractivity contribution < 1.29 is 14.3 Å². The van der Waals surface area contributed by atoms with E-state index in [1.54, 1.807) is 0 Å². The van der Waals surface area contributed by atoms with Gasteiger partial charge in [-0.2, -0.15) is 0 Å². The van der Waals surface area contributed by atoms with Crippen molar-refractivity contribution in [3.05, 3.63) is 54.1 Å². The molecule has 1 heterocycles. The number of nitrogens with one attached hydrogen (secondary N) is 2. The van der Waals surface area contributed by atoms with Crippen molar-refractivity contribution in [1.29, 1.82) is 0 Å². The van der Waals surface area contributed by atoms with Gasteiger partial charge in [0.15, 0.2) is 6.10 Å². The van der Waals surface area contributed by atoms with Crippen LogP contribution in [0.15, 0.2) is 48.5 Å². The number of hydrogen-bond donors (Lipinski definition) is 2. The summed E-state index contributed by atoms with van der Waals surface area (Å²) in [6.45, 7) is 6.57. The molecule has 0 radical (unpaired) electrons. The van der Waals surface area contributed by atoms with Crippen LogP contribution in [-0.4, -0.2) is 37.0 Å². The molecule has 29 heavy (non-hydrogen) atoms. The fourth-order valence-corrected chi connectivity index (χ4v) is 3.39. The highest BCUT2D eigenvalue weighted by molar-refractivity contribution is 5.95. The number of benzene rings is 2. The first kappa shape index (κ1) is 20.7. The predicted octanol–water partition coefficient (Wildman–Crippen LogP) is 3.51. The lowest BCUT2D eigenvalue weighted by atomic mass is 10.1. The molecular formula is C23H29N3O3. The van der Waals surface area contributed by atoms with Crippen LogP contribution in [0, 0.1) is 6.92 Å². The van der Waals surface area contributed by atoms with Crippen molar-refractivity contribution in [2.75, 3.05) is 23.3 Å². The number of ether oxygens (including phenoxy) is 1. The minimum Gasteiger partial charge on any atom is -0.477 e. The molecule has 0 fully saturated rings. The molecule has 2 N–H and O–H groups in total. The van der Waals surface area contributed by atoms with Crippen LogP contribution >= 0.6 is 0 Å². The van der Waals surface area contributed by atoms with Crippen LogP contribution in [0.25, 0.3) is 0 Å². The second kappa shape index (κ2) is 9.45. The van der Waals surface area contributed by atoms with E-state index in [1.807, 2.05) is 74.2 Å². The minimum absolute atomic E-state index is 0.126. The number of aryl methyl sites for hydroxylation is 1. The summed E-state index contributed by atoms with van der Waals surface area (Å²) >= 11 is 0. The molecule has 0 saturated carbocycles. The zero-order valence-electron chi connectivity index (χ0n) is 17.3. The van der Waals surface area contributed by atoms with E-state index in [0.29, 0.717) is 12.3 Å².